The van der Waals surface area contributed by atoms with Crippen molar-refractivity contribution < 1.29 is 42.9 Å². The van der Waals surface area contributed by atoms with Gasteiger partial charge in [-0.1, -0.05) is 143 Å². The van der Waals surface area contributed by atoms with Crippen LogP contribution in [0, 0.1) is 0 Å². The Balaban J connectivity index is 4.57. The maximum absolute atomic E-state index is 12.7. The van der Waals surface area contributed by atoms with Gasteiger partial charge >= 0.3 is 17.9 Å². The molecule has 0 radical (unpaired) electrons. The van der Waals surface area contributed by atoms with Crippen LogP contribution in [0.2, 0.25) is 0 Å². The Morgan fingerprint density at radius 1 is 0.508 bits per heavy atom. The third kappa shape index (κ3) is 42.1. The summed E-state index contributed by atoms with van der Waals surface area (Å²) in [5.41, 5.74) is 0. The van der Waals surface area contributed by atoms with Crippen molar-refractivity contribution in [3.63, 3.8) is 0 Å². The summed E-state index contributed by atoms with van der Waals surface area (Å²) in [7, 11) is 5.92. The fourth-order valence-electron chi connectivity index (χ4n) is 5.41. The predicted octanol–water partition coefficient (Wildman–Crippen LogP) is 11.9. The van der Waals surface area contributed by atoms with Crippen molar-refractivity contribution in [3.8, 4) is 0 Å². The van der Waals surface area contributed by atoms with E-state index in [0.29, 0.717) is 23.9 Å². The monoisotopic (exact) mass is 825 g/mol. The average Bonchev–Trinajstić information content (AvgIpc) is 3.19. The average molecular weight is 825 g/mol. The minimum atomic E-state index is -1.53. The number of ether oxygens (including phenoxy) is 4. The highest BCUT2D eigenvalue weighted by molar-refractivity contribution is 5.71. The molecule has 9 heteroatoms. The molecule has 0 aliphatic heterocycles. The first-order valence-electron chi connectivity index (χ1n) is 22.4. The van der Waals surface area contributed by atoms with E-state index in [1.165, 1.54) is 19.3 Å². The van der Waals surface area contributed by atoms with Gasteiger partial charge in [0.05, 0.1) is 34.4 Å². The molecule has 0 heterocycles. The number of quaternary nitrogens is 1. The van der Waals surface area contributed by atoms with Gasteiger partial charge in [-0.15, -0.1) is 0 Å². The lowest BCUT2D eigenvalue weighted by Crippen LogP contribution is -2.40. The predicted molar refractivity (Wildman–Crippen MR) is 244 cm³/mol. The van der Waals surface area contributed by atoms with Crippen LogP contribution in [0.25, 0.3) is 0 Å². The van der Waals surface area contributed by atoms with Gasteiger partial charge in [0.2, 0.25) is 0 Å². The molecule has 0 saturated carbocycles. The quantitative estimate of drug-likeness (QED) is 0.0215. The lowest BCUT2D eigenvalue weighted by atomic mass is 10.1. The van der Waals surface area contributed by atoms with Crippen molar-refractivity contribution >= 4 is 17.9 Å². The molecule has 2 atom stereocenters. The molecule has 0 spiro atoms. The fourth-order valence-corrected chi connectivity index (χ4v) is 5.41. The van der Waals surface area contributed by atoms with Crippen LogP contribution in [0.1, 0.15) is 142 Å². The number of hydrogen-bond donors (Lipinski definition) is 1. The molecule has 0 rings (SSSR count). The summed E-state index contributed by atoms with van der Waals surface area (Å²) < 4.78 is 22.6. The molecule has 0 aliphatic rings. The standard InChI is InChI=1S/C50H81NO8/c1-6-8-10-12-14-16-18-20-22-24-26-28-30-32-34-36-38-40-47(52)57-44-46(45-58-50(49(54)55)56-43-42-51(3,4)5)59-48(53)41-39-37-35-33-31-29-27-25-23-21-19-17-15-13-11-9-7-2/h8-11,14-17,20-23,27,29,33,35,46,50H,6-7,12-13,18-19,24-26,28,30-32,34,36-45H2,1-5H3/p+1/b10-8-,11-9-,16-14-,17-15-,22-20-,23-21-,29-27-,35-33-. The van der Waals surface area contributed by atoms with E-state index in [0.717, 1.165) is 83.5 Å². The molecular formula is C50H82NO8+. The zero-order valence-electron chi connectivity index (χ0n) is 37.6. The van der Waals surface area contributed by atoms with Crippen LogP contribution < -0.4 is 0 Å². The van der Waals surface area contributed by atoms with E-state index < -0.39 is 24.3 Å². The van der Waals surface area contributed by atoms with Gasteiger partial charge in [-0.05, 0) is 83.5 Å². The highest BCUT2D eigenvalue weighted by Gasteiger charge is 2.25. The first-order chi connectivity index (χ1) is 28.6. The maximum atomic E-state index is 12.7. The lowest BCUT2D eigenvalue weighted by Gasteiger charge is -2.25. The highest BCUT2D eigenvalue weighted by atomic mass is 16.7. The van der Waals surface area contributed by atoms with E-state index >= 15 is 0 Å². The first-order valence-corrected chi connectivity index (χ1v) is 22.4. The van der Waals surface area contributed by atoms with Crippen molar-refractivity contribution in [2.45, 2.75) is 155 Å². The van der Waals surface area contributed by atoms with E-state index in [4.69, 9.17) is 18.9 Å². The smallest absolute Gasteiger partial charge is 0.361 e. The minimum absolute atomic E-state index is 0.170. The van der Waals surface area contributed by atoms with E-state index in [9.17, 15) is 19.5 Å². The summed E-state index contributed by atoms with van der Waals surface area (Å²) in [4.78, 5) is 37.1. The summed E-state index contributed by atoms with van der Waals surface area (Å²) >= 11 is 0. The zero-order chi connectivity index (χ0) is 43.5. The second-order valence-corrected chi connectivity index (χ2v) is 15.6. The second kappa shape index (κ2) is 41.0. The van der Waals surface area contributed by atoms with Crippen LogP contribution in [0.4, 0.5) is 0 Å². The molecule has 9 nitrogen and oxygen atoms in total. The zero-order valence-corrected chi connectivity index (χ0v) is 37.6. The van der Waals surface area contributed by atoms with Gasteiger partial charge in [0, 0.05) is 12.8 Å². The molecule has 2 unspecified atom stereocenters. The number of likely N-dealkylation sites (N-methyl/N-ethyl adjacent to an activating group) is 1. The van der Waals surface area contributed by atoms with Gasteiger partial charge in [0.1, 0.15) is 13.2 Å². The number of carboxylic acid groups (broad SMARTS) is 1. The molecule has 0 aromatic rings. The van der Waals surface area contributed by atoms with Gasteiger partial charge < -0.3 is 28.5 Å². The molecule has 0 aromatic carbocycles. The van der Waals surface area contributed by atoms with Gasteiger partial charge in [-0.3, -0.25) is 9.59 Å². The largest absolute Gasteiger partial charge is 0.477 e. The lowest BCUT2D eigenvalue weighted by molar-refractivity contribution is -0.870. The summed E-state index contributed by atoms with van der Waals surface area (Å²) in [6.07, 6.45) is 50.4. The number of rotatable bonds is 39. The molecule has 0 aromatic heterocycles. The van der Waals surface area contributed by atoms with Crippen LogP contribution in [0.15, 0.2) is 97.2 Å². The Morgan fingerprint density at radius 3 is 1.41 bits per heavy atom. The fraction of sp³-hybridized carbons (Fsp3) is 0.620. The second-order valence-electron chi connectivity index (χ2n) is 15.6. The number of nitrogens with zero attached hydrogens (tertiary/aromatic N) is 1. The molecule has 334 valence electrons. The molecular weight excluding hydrogens is 743 g/mol. The Hall–Kier alpha value is -3.79. The van der Waals surface area contributed by atoms with Crippen LogP contribution in [-0.4, -0.2) is 87.4 Å². The van der Waals surface area contributed by atoms with Gasteiger partial charge in [-0.2, -0.15) is 0 Å². The summed E-state index contributed by atoms with van der Waals surface area (Å²) in [5.74, 6) is -2.12. The number of allylic oxidation sites excluding steroid dienone is 16. The molecule has 59 heavy (non-hydrogen) atoms. The molecule has 0 saturated heterocycles. The van der Waals surface area contributed by atoms with Crippen LogP contribution in [0.5, 0.6) is 0 Å². The van der Waals surface area contributed by atoms with Gasteiger partial charge in [-0.25, -0.2) is 4.79 Å². The Labute approximate surface area is 359 Å². The molecule has 0 aliphatic carbocycles. The van der Waals surface area contributed by atoms with E-state index in [1.54, 1.807) is 0 Å². The molecule has 0 fully saturated rings. The summed E-state index contributed by atoms with van der Waals surface area (Å²) in [6, 6.07) is 0. The van der Waals surface area contributed by atoms with Crippen molar-refractivity contribution in [2.75, 3.05) is 47.5 Å². The molecule has 1 N–H and O–H groups in total. The van der Waals surface area contributed by atoms with Crippen molar-refractivity contribution in [3.05, 3.63) is 97.2 Å². The third-order valence-corrected chi connectivity index (χ3v) is 8.84. The third-order valence-electron chi connectivity index (χ3n) is 8.84. The first kappa shape index (κ1) is 55.2. The van der Waals surface area contributed by atoms with Crippen LogP contribution in [0.3, 0.4) is 0 Å². The van der Waals surface area contributed by atoms with Crippen molar-refractivity contribution in [1.29, 1.82) is 0 Å². The highest BCUT2D eigenvalue weighted by Crippen LogP contribution is 2.12. The number of unbranched alkanes of at least 4 members (excludes halogenated alkanes) is 8. The normalized spacial score (nSPS) is 13.8. The Morgan fingerprint density at radius 2 is 0.932 bits per heavy atom. The number of hydrogen-bond acceptors (Lipinski definition) is 7. The van der Waals surface area contributed by atoms with Gasteiger partial charge in [0.25, 0.3) is 6.29 Å². The molecule has 0 bridgehead atoms. The van der Waals surface area contributed by atoms with E-state index in [1.807, 2.05) is 27.2 Å². The topological polar surface area (TPSA) is 108 Å². The Kier molecular flexibility index (Phi) is 38.3. The Bertz CT molecular complexity index is 1280. The maximum Gasteiger partial charge on any atom is 0.361 e. The number of carboxylic acids is 1. The van der Waals surface area contributed by atoms with Crippen molar-refractivity contribution in [2.24, 2.45) is 0 Å². The minimum Gasteiger partial charge on any atom is -0.477 e. The number of esters is 2. The number of aliphatic carboxylic acids is 1. The summed E-state index contributed by atoms with van der Waals surface area (Å²) in [6.45, 7) is 4.53. The van der Waals surface area contributed by atoms with E-state index in [2.05, 4.69) is 105 Å². The molecule has 0 amide bonds. The van der Waals surface area contributed by atoms with E-state index in [-0.39, 0.29) is 38.6 Å². The SMILES string of the molecule is CC/C=C\C/C=C\C/C=C\C/C=C\C/C=C\CCCC(=O)OC(COC(=O)CCCCCCCCC/C=C\C/C=C\C/C=C\CC)COC(OCC[N+](C)(C)C)C(=O)O. The van der Waals surface area contributed by atoms with Crippen LogP contribution >= 0.6 is 0 Å². The van der Waals surface area contributed by atoms with Gasteiger partial charge in [0.15, 0.2) is 6.10 Å². The van der Waals surface area contributed by atoms with Crippen molar-refractivity contribution in [1.82, 2.24) is 0 Å². The number of carbonyl (C=O) groups excluding carboxylic acids is 2. The van der Waals surface area contributed by atoms with Crippen LogP contribution in [-0.2, 0) is 33.3 Å². The number of carbonyl (C=O) groups is 3. The summed E-state index contributed by atoms with van der Waals surface area (Å²) in [5, 5.41) is 9.63.